The Kier molecular flexibility index (Phi) is 4.95. The van der Waals surface area contributed by atoms with Crippen LogP contribution in [0.4, 0.5) is 0 Å². The van der Waals surface area contributed by atoms with E-state index in [0.717, 1.165) is 0 Å². The number of amides is 1. The molecule has 2 aromatic carbocycles. The highest BCUT2D eigenvalue weighted by Crippen LogP contribution is 2.68. The number of aliphatic hydroxyl groups excluding tert-OH is 1. The molecule has 176 valence electrons. The van der Waals surface area contributed by atoms with Gasteiger partial charge >= 0.3 is 0 Å². The SMILES string of the molecule is CN(C)C(=O)[C@H]1[C@@H](O)[C@@]2(O)c3nn(C)c(C#N)c3O[C@@]2(c2ccc(C#N)cc2)[C@@H]1c1ccccc1. The lowest BCUT2D eigenvalue weighted by Crippen LogP contribution is -2.52. The van der Waals surface area contributed by atoms with Gasteiger partial charge in [-0.1, -0.05) is 42.5 Å². The molecule has 2 N–H and O–H groups in total. The molecule has 1 saturated carbocycles. The van der Waals surface area contributed by atoms with Gasteiger partial charge in [-0.05, 0) is 23.3 Å². The van der Waals surface area contributed by atoms with Gasteiger partial charge in [-0.3, -0.25) is 9.48 Å². The van der Waals surface area contributed by atoms with Gasteiger partial charge in [0.1, 0.15) is 17.9 Å². The molecule has 1 aromatic heterocycles. The molecule has 0 radical (unpaired) electrons. The first kappa shape index (κ1) is 22.6. The van der Waals surface area contributed by atoms with Crippen LogP contribution in [0.2, 0.25) is 0 Å². The molecular weight excluding hydrogens is 446 g/mol. The van der Waals surface area contributed by atoms with Crippen LogP contribution in [0, 0.1) is 28.6 Å². The van der Waals surface area contributed by atoms with Crippen LogP contribution in [0.5, 0.6) is 5.75 Å². The first-order valence-electron chi connectivity index (χ1n) is 11.1. The molecule has 3 aromatic rings. The molecule has 1 aliphatic carbocycles. The van der Waals surface area contributed by atoms with Gasteiger partial charge in [-0.2, -0.15) is 15.6 Å². The molecule has 0 spiro atoms. The summed E-state index contributed by atoms with van der Waals surface area (Å²) in [6, 6.07) is 19.7. The van der Waals surface area contributed by atoms with E-state index in [1.54, 1.807) is 45.4 Å². The lowest BCUT2D eigenvalue weighted by Gasteiger charge is -2.40. The second kappa shape index (κ2) is 7.67. The Morgan fingerprint density at radius 1 is 1.11 bits per heavy atom. The highest BCUT2D eigenvalue weighted by atomic mass is 16.5. The third kappa shape index (κ3) is 2.74. The van der Waals surface area contributed by atoms with Crippen molar-refractivity contribution in [2.24, 2.45) is 13.0 Å². The number of hydrogen-bond donors (Lipinski definition) is 2. The molecule has 2 aliphatic rings. The highest BCUT2D eigenvalue weighted by molar-refractivity contribution is 5.82. The number of aliphatic hydroxyl groups is 2. The summed E-state index contributed by atoms with van der Waals surface area (Å²) >= 11 is 0. The maximum absolute atomic E-state index is 13.5. The Morgan fingerprint density at radius 3 is 2.34 bits per heavy atom. The Morgan fingerprint density at radius 2 is 1.77 bits per heavy atom. The van der Waals surface area contributed by atoms with Crippen LogP contribution < -0.4 is 4.74 Å². The number of benzene rings is 2. The molecule has 0 saturated heterocycles. The van der Waals surface area contributed by atoms with E-state index in [-0.39, 0.29) is 23.0 Å². The van der Waals surface area contributed by atoms with Crippen LogP contribution in [0.25, 0.3) is 0 Å². The van der Waals surface area contributed by atoms with Crippen molar-refractivity contribution in [1.82, 2.24) is 14.7 Å². The van der Waals surface area contributed by atoms with Crippen molar-refractivity contribution in [3.05, 3.63) is 82.7 Å². The van der Waals surface area contributed by atoms with Crippen LogP contribution in [0.3, 0.4) is 0 Å². The zero-order valence-corrected chi connectivity index (χ0v) is 19.4. The van der Waals surface area contributed by atoms with Crippen LogP contribution in [0.1, 0.15) is 34.0 Å². The van der Waals surface area contributed by atoms with Crippen molar-refractivity contribution in [2.45, 2.75) is 23.2 Å². The maximum atomic E-state index is 13.5. The normalized spacial score (nSPS) is 28.4. The lowest BCUT2D eigenvalue weighted by atomic mass is 9.71. The summed E-state index contributed by atoms with van der Waals surface area (Å²) in [5, 5.41) is 47.7. The molecule has 1 fully saturated rings. The molecule has 1 amide bonds. The monoisotopic (exact) mass is 469 g/mol. The molecule has 5 rings (SSSR count). The molecule has 1 aliphatic heterocycles. The van der Waals surface area contributed by atoms with Crippen LogP contribution in [-0.2, 0) is 23.0 Å². The minimum absolute atomic E-state index is 0.00315. The fraction of sp³-hybridized carbons (Fsp3) is 0.308. The number of nitriles is 2. The number of hydrogen-bond acceptors (Lipinski definition) is 7. The number of fused-ring (bicyclic) bond motifs is 3. The van der Waals surface area contributed by atoms with E-state index >= 15 is 0 Å². The van der Waals surface area contributed by atoms with Gasteiger partial charge < -0.3 is 19.8 Å². The van der Waals surface area contributed by atoms with Gasteiger partial charge in [0.25, 0.3) is 0 Å². The van der Waals surface area contributed by atoms with Gasteiger partial charge in [-0.15, -0.1) is 0 Å². The number of aromatic nitrogens is 2. The maximum Gasteiger partial charge on any atom is 0.228 e. The number of rotatable bonds is 3. The molecule has 0 bridgehead atoms. The van der Waals surface area contributed by atoms with E-state index in [1.165, 1.54) is 9.58 Å². The fourth-order valence-electron chi connectivity index (χ4n) is 5.67. The van der Waals surface area contributed by atoms with Gasteiger partial charge in [0.15, 0.2) is 22.6 Å². The van der Waals surface area contributed by atoms with Gasteiger partial charge in [-0.25, -0.2) is 0 Å². The molecule has 0 unspecified atom stereocenters. The largest absolute Gasteiger partial charge is 0.473 e. The van der Waals surface area contributed by atoms with E-state index in [9.17, 15) is 25.5 Å². The number of ether oxygens (including phenoxy) is 1. The standard InChI is InChI=1S/C26H23N5O4/c1-30(2)24(33)19-20(16-7-5-4-6-8-16)26(17-11-9-15(13-27)10-12-17)25(34,23(19)32)22-21(35-26)18(14-28)31(3)29-22/h4-12,19-20,23,32,34H,1-3H3/t19-,20-,23-,25+,26+/m1/s1. The fourth-order valence-corrected chi connectivity index (χ4v) is 5.67. The van der Waals surface area contributed by atoms with E-state index < -0.39 is 29.1 Å². The number of aryl methyl sites for hydroxylation is 1. The van der Waals surface area contributed by atoms with E-state index in [0.29, 0.717) is 16.7 Å². The predicted octanol–water partition coefficient (Wildman–Crippen LogP) is 1.50. The minimum atomic E-state index is -2.17. The molecule has 9 nitrogen and oxygen atoms in total. The summed E-state index contributed by atoms with van der Waals surface area (Å²) in [6.07, 6.45) is -1.61. The van der Waals surface area contributed by atoms with Crippen LogP contribution >= 0.6 is 0 Å². The first-order valence-corrected chi connectivity index (χ1v) is 11.1. The topological polar surface area (TPSA) is 135 Å². The Hall–Kier alpha value is -4.18. The van der Waals surface area contributed by atoms with E-state index in [1.807, 2.05) is 30.3 Å². The average Bonchev–Trinajstić information content (AvgIpc) is 3.39. The molecular formula is C26H23N5O4. The van der Waals surface area contributed by atoms with E-state index in [2.05, 4.69) is 17.2 Å². The summed E-state index contributed by atoms with van der Waals surface area (Å²) in [7, 11) is 4.72. The third-order valence-electron chi connectivity index (χ3n) is 7.19. The van der Waals surface area contributed by atoms with Gasteiger partial charge in [0, 0.05) is 27.1 Å². The predicted molar refractivity (Wildman–Crippen MR) is 123 cm³/mol. The first-order chi connectivity index (χ1) is 16.7. The van der Waals surface area contributed by atoms with Crippen LogP contribution in [-0.4, -0.2) is 51.0 Å². The van der Waals surface area contributed by atoms with Crippen molar-refractivity contribution in [2.75, 3.05) is 14.1 Å². The zero-order chi connectivity index (χ0) is 25.1. The highest BCUT2D eigenvalue weighted by Gasteiger charge is 2.79. The molecule has 35 heavy (non-hydrogen) atoms. The summed E-state index contributed by atoms with van der Waals surface area (Å²) in [4.78, 5) is 14.9. The third-order valence-corrected chi connectivity index (χ3v) is 7.19. The van der Waals surface area contributed by atoms with E-state index in [4.69, 9.17) is 4.74 Å². The van der Waals surface area contributed by atoms with Crippen molar-refractivity contribution in [1.29, 1.82) is 10.5 Å². The molecule has 2 heterocycles. The smallest absolute Gasteiger partial charge is 0.228 e. The Bertz CT molecular complexity index is 1400. The molecule has 5 atom stereocenters. The minimum Gasteiger partial charge on any atom is -0.473 e. The molecule has 9 heteroatoms. The van der Waals surface area contributed by atoms with Crippen molar-refractivity contribution in [3.8, 4) is 17.9 Å². The van der Waals surface area contributed by atoms with Crippen molar-refractivity contribution < 1.29 is 19.7 Å². The second-order valence-electron chi connectivity index (χ2n) is 9.15. The van der Waals surface area contributed by atoms with Gasteiger partial charge in [0.2, 0.25) is 5.91 Å². The summed E-state index contributed by atoms with van der Waals surface area (Å²) in [6.45, 7) is 0. The second-order valence-corrected chi connectivity index (χ2v) is 9.15. The number of carbonyl (C=O) groups is 1. The number of carbonyl (C=O) groups excluding carboxylic acids is 1. The van der Waals surface area contributed by atoms with Crippen molar-refractivity contribution in [3.63, 3.8) is 0 Å². The quantitative estimate of drug-likeness (QED) is 0.593. The lowest BCUT2D eigenvalue weighted by molar-refractivity contribution is -0.158. The average molecular weight is 470 g/mol. The Labute approximate surface area is 202 Å². The summed E-state index contributed by atoms with van der Waals surface area (Å²) < 4.78 is 7.84. The zero-order valence-electron chi connectivity index (χ0n) is 19.4. The summed E-state index contributed by atoms with van der Waals surface area (Å²) in [5.74, 6) is -2.26. The summed E-state index contributed by atoms with van der Waals surface area (Å²) in [5.41, 5.74) is -2.26. The number of nitrogens with zero attached hydrogens (tertiary/aromatic N) is 5. The van der Waals surface area contributed by atoms with Gasteiger partial charge in [0.05, 0.1) is 17.6 Å². The Balaban J connectivity index is 1.88. The van der Waals surface area contributed by atoms with Crippen LogP contribution in [0.15, 0.2) is 54.6 Å². The van der Waals surface area contributed by atoms with Crippen molar-refractivity contribution >= 4 is 5.91 Å².